The normalized spacial score (nSPS) is 16.8. The number of amides is 1. The third-order valence-electron chi connectivity index (χ3n) is 5.15. The highest BCUT2D eigenvalue weighted by Crippen LogP contribution is 2.36. The first kappa shape index (κ1) is 20.6. The van der Waals surface area contributed by atoms with Gasteiger partial charge in [-0.2, -0.15) is 0 Å². The van der Waals surface area contributed by atoms with Crippen LogP contribution >= 0.6 is 11.3 Å². The quantitative estimate of drug-likeness (QED) is 0.591. The van der Waals surface area contributed by atoms with Crippen molar-refractivity contribution in [3.8, 4) is 0 Å². The molecule has 0 unspecified atom stereocenters. The van der Waals surface area contributed by atoms with Crippen molar-refractivity contribution in [2.24, 2.45) is 0 Å². The highest BCUT2D eigenvalue weighted by Gasteiger charge is 2.32. The lowest BCUT2D eigenvalue weighted by Gasteiger charge is -2.23. The number of hydrogen-bond acceptors (Lipinski definition) is 6. The highest BCUT2D eigenvalue weighted by atomic mass is 32.2. The molecule has 30 heavy (non-hydrogen) atoms. The first-order valence-electron chi connectivity index (χ1n) is 9.61. The summed E-state index contributed by atoms with van der Waals surface area (Å²) in [6.07, 6.45) is 1.66. The van der Waals surface area contributed by atoms with Crippen molar-refractivity contribution in [3.05, 3.63) is 59.1 Å². The lowest BCUT2D eigenvalue weighted by Crippen LogP contribution is -2.39. The number of rotatable bonds is 6. The van der Waals surface area contributed by atoms with E-state index >= 15 is 0 Å². The zero-order valence-electron chi connectivity index (χ0n) is 16.4. The van der Waals surface area contributed by atoms with E-state index in [1.54, 1.807) is 16.2 Å². The molecule has 0 saturated carbocycles. The van der Waals surface area contributed by atoms with Gasteiger partial charge in [0.2, 0.25) is 15.9 Å². The summed E-state index contributed by atoms with van der Waals surface area (Å²) in [6.45, 7) is 1.67. The van der Waals surface area contributed by atoms with E-state index in [0.29, 0.717) is 12.1 Å². The van der Waals surface area contributed by atoms with Crippen molar-refractivity contribution in [1.29, 1.82) is 0 Å². The van der Waals surface area contributed by atoms with Gasteiger partial charge in [0, 0.05) is 12.1 Å². The van der Waals surface area contributed by atoms with E-state index in [4.69, 9.17) is 0 Å². The summed E-state index contributed by atoms with van der Waals surface area (Å²) in [4.78, 5) is 30.5. The summed E-state index contributed by atoms with van der Waals surface area (Å²) < 4.78 is 28.5. The molecule has 1 aromatic heterocycles. The molecule has 0 radical (unpaired) electrons. The molecule has 4 rings (SSSR count). The molecule has 0 bridgehead atoms. The lowest BCUT2D eigenvalue weighted by molar-refractivity contribution is -0.130. The molecule has 1 amide bonds. The van der Waals surface area contributed by atoms with E-state index in [0.717, 1.165) is 28.1 Å². The van der Waals surface area contributed by atoms with Gasteiger partial charge in [-0.25, -0.2) is 18.1 Å². The van der Waals surface area contributed by atoms with E-state index in [9.17, 15) is 18.0 Å². The Morgan fingerprint density at radius 2 is 1.90 bits per heavy atom. The van der Waals surface area contributed by atoms with Crippen molar-refractivity contribution in [1.82, 2.24) is 14.6 Å². The van der Waals surface area contributed by atoms with Gasteiger partial charge in [0.15, 0.2) is 5.78 Å². The highest BCUT2D eigenvalue weighted by molar-refractivity contribution is 7.89. The summed E-state index contributed by atoms with van der Waals surface area (Å²) in [6, 6.07) is 13.4. The molecule has 1 saturated heterocycles. The molecule has 1 aliphatic rings. The molecule has 1 fully saturated rings. The molecule has 2 aromatic carbocycles. The van der Waals surface area contributed by atoms with Crippen LogP contribution in [0, 0.1) is 0 Å². The fourth-order valence-corrected chi connectivity index (χ4v) is 5.65. The maximum atomic E-state index is 12.8. The molecule has 3 aromatic rings. The Kier molecular flexibility index (Phi) is 5.68. The Hall–Kier alpha value is -2.62. The Morgan fingerprint density at radius 1 is 1.17 bits per heavy atom. The van der Waals surface area contributed by atoms with Crippen LogP contribution in [0.2, 0.25) is 0 Å². The van der Waals surface area contributed by atoms with E-state index in [1.807, 2.05) is 24.3 Å². The van der Waals surface area contributed by atoms with Crippen LogP contribution in [0.25, 0.3) is 10.2 Å². The van der Waals surface area contributed by atoms with Crippen molar-refractivity contribution < 1.29 is 18.0 Å². The summed E-state index contributed by atoms with van der Waals surface area (Å²) >= 11 is 1.57. The summed E-state index contributed by atoms with van der Waals surface area (Å²) in [5, 5.41) is 0.879. The largest absolute Gasteiger partial charge is 0.332 e. The Morgan fingerprint density at radius 3 is 2.60 bits per heavy atom. The monoisotopic (exact) mass is 443 g/mol. The molecule has 1 N–H and O–H groups in total. The number of likely N-dealkylation sites (tertiary alicyclic amines) is 1. The number of hydrogen-bond donors (Lipinski definition) is 1. The first-order valence-corrected chi connectivity index (χ1v) is 11.9. The number of para-hydroxylation sites is 1. The van der Waals surface area contributed by atoms with Gasteiger partial charge >= 0.3 is 0 Å². The predicted octanol–water partition coefficient (Wildman–Crippen LogP) is 3.14. The first-order chi connectivity index (χ1) is 14.3. The Balaban J connectivity index is 1.45. The molecule has 7 nitrogen and oxygen atoms in total. The number of ketones is 1. The smallest absolute Gasteiger partial charge is 0.241 e. The number of carbonyl (C=O) groups excluding carboxylic acids is 2. The average molecular weight is 444 g/mol. The Labute approximate surface area is 178 Å². The minimum absolute atomic E-state index is 0.0180. The lowest BCUT2D eigenvalue weighted by atomic mass is 10.2. The van der Waals surface area contributed by atoms with Crippen LogP contribution < -0.4 is 4.72 Å². The van der Waals surface area contributed by atoms with Gasteiger partial charge in [0.05, 0.1) is 27.7 Å². The minimum atomic E-state index is -3.85. The van der Waals surface area contributed by atoms with Crippen LogP contribution in [-0.4, -0.2) is 43.1 Å². The second-order valence-electron chi connectivity index (χ2n) is 7.17. The maximum Gasteiger partial charge on any atom is 0.241 e. The molecule has 9 heteroatoms. The van der Waals surface area contributed by atoms with Crippen LogP contribution in [0.4, 0.5) is 0 Å². The van der Waals surface area contributed by atoms with Gasteiger partial charge in [-0.1, -0.05) is 24.3 Å². The number of thiazole rings is 1. The number of Topliss-reactive ketones (excluding diaryl/α,β-unsaturated/α-hetero) is 1. The zero-order chi connectivity index (χ0) is 21.3. The van der Waals surface area contributed by atoms with Gasteiger partial charge in [-0.05, 0) is 44.0 Å². The predicted molar refractivity (Wildman–Crippen MR) is 115 cm³/mol. The van der Waals surface area contributed by atoms with Crippen LogP contribution in [-0.2, 0) is 14.8 Å². The third-order valence-corrected chi connectivity index (χ3v) is 7.71. The zero-order valence-corrected chi connectivity index (χ0v) is 18.0. The van der Waals surface area contributed by atoms with Gasteiger partial charge in [-0.15, -0.1) is 11.3 Å². The third kappa shape index (κ3) is 4.14. The van der Waals surface area contributed by atoms with Crippen molar-refractivity contribution in [2.45, 2.75) is 30.7 Å². The van der Waals surface area contributed by atoms with Crippen molar-refractivity contribution >= 4 is 43.3 Å². The summed E-state index contributed by atoms with van der Waals surface area (Å²) in [5.41, 5.74) is 1.34. The minimum Gasteiger partial charge on any atom is -0.332 e. The number of sulfonamides is 1. The van der Waals surface area contributed by atoms with E-state index in [1.165, 1.54) is 31.2 Å². The molecule has 0 aliphatic carbocycles. The molecule has 0 spiro atoms. The molecule has 156 valence electrons. The van der Waals surface area contributed by atoms with E-state index in [2.05, 4.69) is 9.71 Å². The van der Waals surface area contributed by atoms with E-state index in [-0.39, 0.29) is 29.2 Å². The van der Waals surface area contributed by atoms with Crippen LogP contribution in [0.1, 0.15) is 41.2 Å². The number of benzene rings is 2. The SMILES string of the molecule is CC(=O)c1ccc(S(=O)(=O)NCC(=O)N2CCC[C@@H]2c2nc3ccccc3s2)cc1. The van der Waals surface area contributed by atoms with Crippen LogP contribution in [0.3, 0.4) is 0 Å². The van der Waals surface area contributed by atoms with Crippen molar-refractivity contribution in [2.75, 3.05) is 13.1 Å². The number of nitrogens with zero attached hydrogens (tertiary/aromatic N) is 2. The van der Waals surface area contributed by atoms with Gasteiger partial charge < -0.3 is 4.90 Å². The standard InChI is InChI=1S/C21H21N3O4S2/c1-14(25)15-8-10-16(11-9-15)30(27,28)22-13-20(26)24-12-4-6-18(24)21-23-17-5-2-3-7-19(17)29-21/h2-3,5,7-11,18,22H,4,6,12-13H2,1H3/t18-/m1/s1. The molecular weight excluding hydrogens is 422 g/mol. The Bertz CT molecular complexity index is 1170. The number of aromatic nitrogens is 1. The molecule has 1 atom stereocenters. The number of carbonyl (C=O) groups is 2. The van der Waals surface area contributed by atoms with E-state index < -0.39 is 10.0 Å². The molecular formula is C21H21N3O4S2. The topological polar surface area (TPSA) is 96.4 Å². The van der Waals surface area contributed by atoms with Crippen LogP contribution in [0.5, 0.6) is 0 Å². The van der Waals surface area contributed by atoms with Gasteiger partial charge in [0.1, 0.15) is 5.01 Å². The summed E-state index contributed by atoms with van der Waals surface area (Å²) in [7, 11) is -3.85. The fraction of sp³-hybridized carbons (Fsp3) is 0.286. The van der Waals surface area contributed by atoms with Gasteiger partial charge in [0.25, 0.3) is 0 Å². The summed E-state index contributed by atoms with van der Waals surface area (Å²) in [5.74, 6) is -0.419. The van der Waals surface area contributed by atoms with Crippen LogP contribution in [0.15, 0.2) is 53.4 Å². The molecule has 1 aliphatic heterocycles. The average Bonchev–Trinajstić information content (AvgIpc) is 3.38. The second-order valence-corrected chi connectivity index (χ2v) is 10.00. The number of fused-ring (bicyclic) bond motifs is 1. The second kappa shape index (κ2) is 8.25. The van der Waals surface area contributed by atoms with Crippen molar-refractivity contribution in [3.63, 3.8) is 0 Å². The number of nitrogens with one attached hydrogen (secondary N) is 1. The maximum absolute atomic E-state index is 12.8. The fourth-order valence-electron chi connectivity index (χ4n) is 3.56. The van der Waals surface area contributed by atoms with Gasteiger partial charge in [-0.3, -0.25) is 9.59 Å². The molecule has 2 heterocycles.